The van der Waals surface area contributed by atoms with Gasteiger partial charge in [-0.05, 0) is 12.8 Å². The molecule has 0 spiro atoms. The summed E-state index contributed by atoms with van der Waals surface area (Å²) in [5.74, 6) is 0. The van der Waals surface area contributed by atoms with Crippen LogP contribution >= 0.6 is 0 Å². The Labute approximate surface area is 212 Å². The van der Waals surface area contributed by atoms with Crippen molar-refractivity contribution in [3.05, 3.63) is 0 Å². The first-order chi connectivity index (χ1) is 16.7. The van der Waals surface area contributed by atoms with Crippen LogP contribution < -0.4 is 10.6 Å². The summed E-state index contributed by atoms with van der Waals surface area (Å²) in [5, 5.41) is 26.4. The number of hydrogen-bond acceptors (Lipinski definition) is 6. The van der Waals surface area contributed by atoms with Crippen LogP contribution in [0.25, 0.3) is 0 Å². The topological polar surface area (TPSA) is 83.0 Å². The molecule has 0 aromatic heterocycles. The first-order valence-electron chi connectivity index (χ1n) is 14.6. The van der Waals surface area contributed by atoms with Crippen LogP contribution in [0.5, 0.6) is 0 Å². The van der Waals surface area contributed by atoms with E-state index < -0.39 is 12.2 Å². The Balaban J connectivity index is 3.25. The lowest BCUT2D eigenvalue weighted by atomic mass is 10.1. The highest BCUT2D eigenvalue weighted by Gasteiger charge is 2.05. The van der Waals surface area contributed by atoms with Crippen molar-refractivity contribution in [1.29, 1.82) is 0 Å². The van der Waals surface area contributed by atoms with Crippen molar-refractivity contribution in [2.75, 3.05) is 52.6 Å². The third kappa shape index (κ3) is 28.0. The maximum absolute atomic E-state index is 9.98. The Bertz CT molecular complexity index is 340. The molecule has 0 unspecified atom stereocenters. The average molecular weight is 489 g/mol. The molecule has 0 aliphatic rings. The lowest BCUT2D eigenvalue weighted by Gasteiger charge is -2.14. The van der Waals surface area contributed by atoms with Crippen LogP contribution in [0.3, 0.4) is 0 Å². The summed E-state index contributed by atoms with van der Waals surface area (Å²) in [6, 6.07) is 0. The molecule has 0 saturated heterocycles. The molecule has 0 aromatic carbocycles. The molecule has 0 aliphatic carbocycles. The molecule has 0 amide bonds. The summed E-state index contributed by atoms with van der Waals surface area (Å²) >= 11 is 0. The van der Waals surface area contributed by atoms with Gasteiger partial charge in [0, 0.05) is 39.4 Å². The molecule has 2 atom stereocenters. The fourth-order valence-corrected chi connectivity index (χ4v) is 3.95. The van der Waals surface area contributed by atoms with Gasteiger partial charge in [0.05, 0.1) is 25.4 Å². The molecule has 6 nitrogen and oxygen atoms in total. The Kier molecular flexibility index (Phi) is 28.8. The normalized spacial score (nSPS) is 13.4. The first-order valence-corrected chi connectivity index (χ1v) is 14.6. The van der Waals surface area contributed by atoms with Crippen LogP contribution in [0.1, 0.15) is 117 Å². The zero-order chi connectivity index (χ0) is 25.0. The molecule has 0 radical (unpaired) electrons. The van der Waals surface area contributed by atoms with E-state index in [1.165, 1.54) is 89.9 Å². The van der Waals surface area contributed by atoms with E-state index in [1.54, 1.807) is 0 Å². The zero-order valence-corrected chi connectivity index (χ0v) is 22.8. The second-order valence-electron chi connectivity index (χ2n) is 9.82. The standard InChI is InChI=1S/C28H60N2O4/c1-3-5-7-9-11-13-15-17-21-33-25-27(31)23-29-19-20-30-24-28(32)26-34-22-18-16-14-12-10-8-6-4-2/h27-32H,3-26H2,1-2H3/t27-,28-/m0/s1. The summed E-state index contributed by atoms with van der Waals surface area (Å²) in [5.41, 5.74) is 0. The summed E-state index contributed by atoms with van der Waals surface area (Å²) in [4.78, 5) is 0. The minimum absolute atomic E-state index is 0.395. The summed E-state index contributed by atoms with van der Waals surface area (Å²) in [6.45, 7) is 9.34. The highest BCUT2D eigenvalue weighted by Crippen LogP contribution is 2.09. The molecule has 0 rings (SSSR count). The van der Waals surface area contributed by atoms with E-state index in [9.17, 15) is 10.2 Å². The molecule has 0 saturated carbocycles. The van der Waals surface area contributed by atoms with Crippen molar-refractivity contribution in [3.63, 3.8) is 0 Å². The second kappa shape index (κ2) is 29.0. The van der Waals surface area contributed by atoms with Crippen molar-refractivity contribution in [3.8, 4) is 0 Å². The van der Waals surface area contributed by atoms with Gasteiger partial charge in [-0.2, -0.15) is 0 Å². The van der Waals surface area contributed by atoms with Crippen molar-refractivity contribution >= 4 is 0 Å². The zero-order valence-electron chi connectivity index (χ0n) is 22.8. The third-order valence-electron chi connectivity index (χ3n) is 6.14. The molecule has 6 heteroatoms. The van der Waals surface area contributed by atoms with Crippen LogP contribution in [0.15, 0.2) is 0 Å². The van der Waals surface area contributed by atoms with Gasteiger partial charge in [0.1, 0.15) is 0 Å². The van der Waals surface area contributed by atoms with Crippen molar-refractivity contribution in [1.82, 2.24) is 10.6 Å². The largest absolute Gasteiger partial charge is 0.389 e. The maximum Gasteiger partial charge on any atom is 0.0897 e. The number of rotatable bonds is 29. The molecule has 4 N–H and O–H groups in total. The van der Waals surface area contributed by atoms with Crippen molar-refractivity contribution in [2.45, 2.75) is 129 Å². The number of ether oxygens (including phenoxy) is 2. The van der Waals surface area contributed by atoms with Gasteiger partial charge in [-0.25, -0.2) is 0 Å². The molecule has 0 aliphatic heterocycles. The number of hydrogen-bond donors (Lipinski definition) is 4. The van der Waals surface area contributed by atoms with E-state index in [2.05, 4.69) is 24.5 Å². The van der Waals surface area contributed by atoms with E-state index in [0.717, 1.165) is 39.1 Å². The Morgan fingerprint density at radius 3 is 1.18 bits per heavy atom. The smallest absolute Gasteiger partial charge is 0.0897 e. The van der Waals surface area contributed by atoms with E-state index in [1.807, 2.05) is 0 Å². The molecular weight excluding hydrogens is 428 g/mol. The number of unbranched alkanes of at least 4 members (excludes halogenated alkanes) is 14. The van der Waals surface area contributed by atoms with Gasteiger partial charge in [0.2, 0.25) is 0 Å². The number of nitrogens with one attached hydrogen (secondary N) is 2. The van der Waals surface area contributed by atoms with Gasteiger partial charge in [-0.3, -0.25) is 0 Å². The Morgan fingerprint density at radius 1 is 0.500 bits per heavy atom. The quantitative estimate of drug-likeness (QED) is 0.108. The van der Waals surface area contributed by atoms with Crippen LogP contribution in [0, 0.1) is 0 Å². The summed E-state index contributed by atoms with van der Waals surface area (Å²) in [6.07, 6.45) is 19.8. The minimum Gasteiger partial charge on any atom is -0.389 e. The van der Waals surface area contributed by atoms with Crippen LogP contribution in [0.4, 0.5) is 0 Å². The Hall–Kier alpha value is -0.240. The molecule has 0 heterocycles. The summed E-state index contributed by atoms with van der Waals surface area (Å²) in [7, 11) is 0. The maximum atomic E-state index is 9.98. The molecule has 0 aromatic rings. The molecule has 0 fully saturated rings. The number of aliphatic hydroxyl groups excluding tert-OH is 2. The van der Waals surface area contributed by atoms with E-state index in [4.69, 9.17) is 9.47 Å². The van der Waals surface area contributed by atoms with E-state index >= 15 is 0 Å². The molecular formula is C28H60N2O4. The lowest BCUT2D eigenvalue weighted by molar-refractivity contribution is 0.0339. The van der Waals surface area contributed by atoms with Crippen LogP contribution in [-0.4, -0.2) is 75.0 Å². The van der Waals surface area contributed by atoms with Crippen molar-refractivity contribution < 1.29 is 19.7 Å². The van der Waals surface area contributed by atoms with Gasteiger partial charge < -0.3 is 30.3 Å². The van der Waals surface area contributed by atoms with E-state index in [0.29, 0.717) is 26.3 Å². The van der Waals surface area contributed by atoms with Gasteiger partial charge in [0.15, 0.2) is 0 Å². The minimum atomic E-state index is -0.468. The molecule has 206 valence electrons. The highest BCUT2D eigenvalue weighted by atomic mass is 16.5. The van der Waals surface area contributed by atoms with Gasteiger partial charge >= 0.3 is 0 Å². The van der Waals surface area contributed by atoms with Gasteiger partial charge in [0.25, 0.3) is 0 Å². The predicted molar refractivity (Wildman–Crippen MR) is 145 cm³/mol. The Morgan fingerprint density at radius 2 is 0.824 bits per heavy atom. The third-order valence-corrected chi connectivity index (χ3v) is 6.14. The lowest BCUT2D eigenvalue weighted by Crippen LogP contribution is -2.37. The van der Waals surface area contributed by atoms with Crippen molar-refractivity contribution in [2.24, 2.45) is 0 Å². The summed E-state index contributed by atoms with van der Waals surface area (Å²) < 4.78 is 11.2. The SMILES string of the molecule is CCCCCCCCCCOC[C@@H](O)CNCCNC[C@H](O)COCCCCCCCCCC. The monoisotopic (exact) mass is 488 g/mol. The average Bonchev–Trinajstić information content (AvgIpc) is 2.83. The van der Waals surface area contributed by atoms with Gasteiger partial charge in [-0.1, -0.05) is 104 Å². The highest BCUT2D eigenvalue weighted by molar-refractivity contribution is 4.62. The first kappa shape index (κ1) is 33.8. The molecule has 34 heavy (non-hydrogen) atoms. The van der Waals surface area contributed by atoms with Crippen LogP contribution in [0.2, 0.25) is 0 Å². The van der Waals surface area contributed by atoms with E-state index in [-0.39, 0.29) is 0 Å². The predicted octanol–water partition coefficient (Wildman–Crippen LogP) is 5.20. The fraction of sp³-hybridized carbons (Fsp3) is 1.00. The number of aliphatic hydroxyl groups is 2. The van der Waals surface area contributed by atoms with Gasteiger partial charge in [-0.15, -0.1) is 0 Å². The van der Waals surface area contributed by atoms with Crippen LogP contribution in [-0.2, 0) is 9.47 Å². The second-order valence-corrected chi connectivity index (χ2v) is 9.82. The molecule has 0 bridgehead atoms. The fourth-order valence-electron chi connectivity index (χ4n) is 3.95.